The van der Waals surface area contributed by atoms with E-state index in [1.807, 2.05) is 6.07 Å². The summed E-state index contributed by atoms with van der Waals surface area (Å²) in [4.78, 5) is 13.8. The van der Waals surface area contributed by atoms with E-state index in [1.165, 1.54) is 24.1 Å². The smallest absolute Gasteiger partial charge is 0.253 e. The molecule has 0 radical (unpaired) electrons. The number of halogens is 1. The SMILES string of the molecule is COc1ccc(CN(C)C(=O)c2ccc(C#N)cc2)cc1F. The highest BCUT2D eigenvalue weighted by atomic mass is 19.1. The van der Waals surface area contributed by atoms with Gasteiger partial charge in [-0.1, -0.05) is 6.07 Å². The molecule has 0 aromatic heterocycles. The van der Waals surface area contributed by atoms with Gasteiger partial charge in [0.25, 0.3) is 5.91 Å². The minimum Gasteiger partial charge on any atom is -0.494 e. The van der Waals surface area contributed by atoms with Crippen molar-refractivity contribution in [3.63, 3.8) is 0 Å². The Kier molecular flexibility index (Phi) is 4.74. The van der Waals surface area contributed by atoms with E-state index >= 15 is 0 Å². The first-order valence-corrected chi connectivity index (χ1v) is 6.63. The summed E-state index contributed by atoms with van der Waals surface area (Å²) in [7, 11) is 3.04. The van der Waals surface area contributed by atoms with Crippen LogP contribution in [0.15, 0.2) is 42.5 Å². The highest BCUT2D eigenvalue weighted by Crippen LogP contribution is 2.19. The van der Waals surface area contributed by atoms with E-state index in [4.69, 9.17) is 10.00 Å². The van der Waals surface area contributed by atoms with Crippen LogP contribution in [0, 0.1) is 17.1 Å². The second-order valence-corrected chi connectivity index (χ2v) is 4.82. The molecule has 0 spiro atoms. The standard InChI is InChI=1S/C17H15FN2O2/c1-20(11-13-5-8-16(22-2)15(18)9-13)17(21)14-6-3-12(10-19)4-7-14/h3-9H,11H2,1-2H3. The molecule has 4 nitrogen and oxygen atoms in total. The molecular weight excluding hydrogens is 283 g/mol. The minimum absolute atomic E-state index is 0.171. The van der Waals surface area contributed by atoms with E-state index in [-0.39, 0.29) is 18.2 Å². The lowest BCUT2D eigenvalue weighted by Crippen LogP contribution is -2.26. The van der Waals surface area contributed by atoms with E-state index in [9.17, 15) is 9.18 Å². The van der Waals surface area contributed by atoms with Crippen LogP contribution in [0.3, 0.4) is 0 Å². The highest BCUT2D eigenvalue weighted by molar-refractivity contribution is 5.94. The molecule has 0 saturated heterocycles. The normalized spacial score (nSPS) is 9.91. The van der Waals surface area contributed by atoms with Crippen LogP contribution in [0.2, 0.25) is 0 Å². The Morgan fingerprint density at radius 2 is 1.95 bits per heavy atom. The van der Waals surface area contributed by atoms with Crippen molar-refractivity contribution < 1.29 is 13.9 Å². The molecule has 0 fully saturated rings. The highest BCUT2D eigenvalue weighted by Gasteiger charge is 2.13. The zero-order valence-corrected chi connectivity index (χ0v) is 12.3. The molecular formula is C17H15FN2O2. The number of nitrogens with zero attached hydrogens (tertiary/aromatic N) is 2. The van der Waals surface area contributed by atoms with Crippen LogP contribution in [0.1, 0.15) is 21.5 Å². The Morgan fingerprint density at radius 1 is 1.27 bits per heavy atom. The Balaban J connectivity index is 2.10. The van der Waals surface area contributed by atoms with Crippen molar-refractivity contribution in [2.24, 2.45) is 0 Å². The van der Waals surface area contributed by atoms with Crippen molar-refractivity contribution in [1.82, 2.24) is 4.90 Å². The van der Waals surface area contributed by atoms with Crippen LogP contribution in [-0.2, 0) is 6.54 Å². The van der Waals surface area contributed by atoms with Crippen LogP contribution in [0.25, 0.3) is 0 Å². The third-order valence-corrected chi connectivity index (χ3v) is 3.24. The average Bonchev–Trinajstić information content (AvgIpc) is 2.54. The van der Waals surface area contributed by atoms with Gasteiger partial charge in [0.1, 0.15) is 0 Å². The van der Waals surface area contributed by atoms with Gasteiger partial charge < -0.3 is 9.64 Å². The first kappa shape index (κ1) is 15.5. The Morgan fingerprint density at radius 3 is 2.50 bits per heavy atom. The Bertz CT molecular complexity index is 720. The fourth-order valence-electron chi connectivity index (χ4n) is 2.06. The van der Waals surface area contributed by atoms with Gasteiger partial charge >= 0.3 is 0 Å². The summed E-state index contributed by atoms with van der Waals surface area (Å²) in [5, 5.41) is 8.75. The van der Waals surface area contributed by atoms with Crippen LogP contribution in [0.4, 0.5) is 4.39 Å². The predicted molar refractivity (Wildman–Crippen MR) is 79.9 cm³/mol. The summed E-state index contributed by atoms with van der Waals surface area (Å²) in [5.74, 6) is -0.482. The maximum absolute atomic E-state index is 13.6. The number of nitriles is 1. The molecule has 2 rings (SSSR count). The van der Waals surface area contributed by atoms with Gasteiger partial charge in [-0.25, -0.2) is 4.39 Å². The van der Waals surface area contributed by atoms with Crippen molar-refractivity contribution in [3.05, 3.63) is 65.0 Å². The summed E-state index contributed by atoms with van der Waals surface area (Å²) in [6.07, 6.45) is 0. The van der Waals surface area contributed by atoms with Crippen molar-refractivity contribution in [2.75, 3.05) is 14.2 Å². The van der Waals surface area contributed by atoms with Crippen molar-refractivity contribution in [2.45, 2.75) is 6.54 Å². The van der Waals surface area contributed by atoms with E-state index in [2.05, 4.69) is 0 Å². The molecule has 0 N–H and O–H groups in total. The van der Waals surface area contributed by atoms with Gasteiger partial charge in [0, 0.05) is 19.2 Å². The summed E-state index contributed by atoms with van der Waals surface area (Å²) < 4.78 is 18.5. The lowest BCUT2D eigenvalue weighted by atomic mass is 10.1. The molecule has 2 aromatic carbocycles. The first-order chi connectivity index (χ1) is 10.5. The fraction of sp³-hybridized carbons (Fsp3) is 0.176. The molecule has 0 aliphatic heterocycles. The lowest BCUT2D eigenvalue weighted by Gasteiger charge is -2.17. The molecule has 5 heteroatoms. The van der Waals surface area contributed by atoms with Crippen LogP contribution in [0.5, 0.6) is 5.75 Å². The van der Waals surface area contributed by atoms with Gasteiger partial charge in [-0.05, 0) is 42.0 Å². The quantitative estimate of drug-likeness (QED) is 0.872. The molecule has 0 atom stereocenters. The van der Waals surface area contributed by atoms with Crippen LogP contribution < -0.4 is 4.74 Å². The van der Waals surface area contributed by atoms with Crippen molar-refractivity contribution >= 4 is 5.91 Å². The molecule has 1 amide bonds. The maximum atomic E-state index is 13.6. The van der Waals surface area contributed by atoms with Gasteiger partial charge in [-0.2, -0.15) is 5.26 Å². The van der Waals surface area contributed by atoms with Gasteiger partial charge in [-0.3, -0.25) is 4.79 Å². The molecule has 112 valence electrons. The van der Waals surface area contributed by atoms with E-state index < -0.39 is 5.82 Å². The monoisotopic (exact) mass is 298 g/mol. The third-order valence-electron chi connectivity index (χ3n) is 3.24. The second kappa shape index (κ2) is 6.72. The summed E-state index contributed by atoms with van der Waals surface area (Å²) >= 11 is 0. The van der Waals surface area contributed by atoms with Crippen LogP contribution in [-0.4, -0.2) is 25.0 Å². The lowest BCUT2D eigenvalue weighted by molar-refractivity contribution is 0.0785. The minimum atomic E-state index is -0.459. The summed E-state index contributed by atoms with van der Waals surface area (Å²) in [6, 6.07) is 13.0. The van der Waals surface area contributed by atoms with Gasteiger partial charge in [0.05, 0.1) is 18.7 Å². The van der Waals surface area contributed by atoms with E-state index in [0.29, 0.717) is 16.7 Å². The van der Waals surface area contributed by atoms with Crippen LogP contribution >= 0.6 is 0 Å². The average molecular weight is 298 g/mol. The molecule has 0 aliphatic rings. The zero-order valence-electron chi connectivity index (χ0n) is 12.3. The van der Waals surface area contributed by atoms with Crippen molar-refractivity contribution in [3.8, 4) is 11.8 Å². The predicted octanol–water partition coefficient (Wildman–Crippen LogP) is 2.98. The first-order valence-electron chi connectivity index (χ1n) is 6.63. The second-order valence-electron chi connectivity index (χ2n) is 4.82. The van der Waals surface area contributed by atoms with Gasteiger partial charge in [0.15, 0.2) is 11.6 Å². The largest absolute Gasteiger partial charge is 0.494 e. The number of ether oxygens (including phenoxy) is 1. The number of carbonyl (C=O) groups is 1. The topological polar surface area (TPSA) is 53.3 Å². The Labute approximate surface area is 128 Å². The molecule has 0 saturated carbocycles. The number of methoxy groups -OCH3 is 1. The van der Waals surface area contributed by atoms with Gasteiger partial charge in [0.2, 0.25) is 0 Å². The fourth-order valence-corrected chi connectivity index (χ4v) is 2.06. The molecule has 0 unspecified atom stereocenters. The third kappa shape index (κ3) is 3.41. The zero-order chi connectivity index (χ0) is 16.1. The number of rotatable bonds is 4. The molecule has 0 heterocycles. The molecule has 0 bridgehead atoms. The molecule has 22 heavy (non-hydrogen) atoms. The Hall–Kier alpha value is -2.87. The number of amides is 1. The van der Waals surface area contributed by atoms with E-state index in [0.717, 1.165) is 0 Å². The number of hydrogen-bond donors (Lipinski definition) is 0. The van der Waals surface area contributed by atoms with E-state index in [1.54, 1.807) is 37.4 Å². The summed E-state index contributed by atoms with van der Waals surface area (Å²) in [5.41, 5.74) is 1.65. The number of carbonyl (C=O) groups excluding carboxylic acids is 1. The van der Waals surface area contributed by atoms with Crippen molar-refractivity contribution in [1.29, 1.82) is 5.26 Å². The molecule has 2 aromatic rings. The summed E-state index contributed by atoms with van der Waals surface area (Å²) in [6.45, 7) is 0.278. The number of benzene rings is 2. The maximum Gasteiger partial charge on any atom is 0.253 e. The number of hydrogen-bond acceptors (Lipinski definition) is 3. The van der Waals surface area contributed by atoms with Gasteiger partial charge in [-0.15, -0.1) is 0 Å². The molecule has 0 aliphatic carbocycles.